The van der Waals surface area contributed by atoms with Crippen LogP contribution in [0.4, 0.5) is 0 Å². The van der Waals surface area contributed by atoms with E-state index in [1.807, 2.05) is 0 Å². The summed E-state index contributed by atoms with van der Waals surface area (Å²) in [5, 5.41) is 0. The van der Waals surface area contributed by atoms with Crippen molar-refractivity contribution in [2.24, 2.45) is 0 Å². The predicted octanol–water partition coefficient (Wildman–Crippen LogP) is 15.2. The number of hydrogen-bond acceptors (Lipinski definition) is 3. The first-order chi connectivity index (χ1) is 23.6. The van der Waals surface area contributed by atoms with E-state index in [1.54, 1.807) is 0 Å². The molecule has 0 saturated heterocycles. The second kappa shape index (κ2) is 17.1. The van der Waals surface area contributed by atoms with Crippen LogP contribution >= 0.6 is 8.60 Å². The lowest BCUT2D eigenvalue weighted by molar-refractivity contribution is 0.369. The van der Waals surface area contributed by atoms with Crippen LogP contribution in [0.5, 0.6) is 17.2 Å². The molecule has 0 bridgehead atoms. The highest BCUT2D eigenvalue weighted by Gasteiger charge is 2.33. The lowest BCUT2D eigenvalue weighted by Crippen LogP contribution is -2.22. The molecule has 0 aliphatic rings. The first kappa shape index (κ1) is 42.9. The van der Waals surface area contributed by atoms with Crippen LogP contribution in [0.2, 0.25) is 0 Å². The number of unbranched alkanes of at least 4 members (excludes halogenated alkanes) is 2. The minimum absolute atomic E-state index is 0.0407. The molecule has 3 aromatic carbocycles. The molecule has 4 heteroatoms. The van der Waals surface area contributed by atoms with Gasteiger partial charge in [-0.2, -0.15) is 0 Å². The summed E-state index contributed by atoms with van der Waals surface area (Å²) >= 11 is 0. The molecule has 0 aromatic heterocycles. The second-order valence-electron chi connectivity index (χ2n) is 18.4. The van der Waals surface area contributed by atoms with Gasteiger partial charge in [-0.15, -0.1) is 0 Å². The maximum absolute atomic E-state index is 7.06. The monoisotopic (exact) mass is 717 g/mol. The fraction of sp³-hybridized carbons (Fsp3) is 0.617. The van der Waals surface area contributed by atoms with Crippen molar-refractivity contribution in [3.8, 4) is 17.2 Å². The molecule has 0 atom stereocenters. The van der Waals surface area contributed by atoms with Gasteiger partial charge in [-0.25, -0.2) is 0 Å². The molecule has 0 heterocycles. The lowest BCUT2D eigenvalue weighted by Gasteiger charge is -2.32. The molecule has 0 aliphatic carbocycles. The Bertz CT molecular complexity index is 1490. The molecular formula is C47H73O3P. The summed E-state index contributed by atoms with van der Waals surface area (Å²) in [4.78, 5) is 0. The van der Waals surface area contributed by atoms with E-state index < -0.39 is 8.60 Å². The van der Waals surface area contributed by atoms with Crippen LogP contribution in [-0.4, -0.2) is 0 Å². The van der Waals surface area contributed by atoms with Gasteiger partial charge in [-0.05, 0) is 106 Å². The van der Waals surface area contributed by atoms with Gasteiger partial charge in [-0.1, -0.05) is 160 Å². The van der Waals surface area contributed by atoms with E-state index in [9.17, 15) is 0 Å². The summed E-state index contributed by atoms with van der Waals surface area (Å²) in [6.45, 7) is 36.7. The number of aryl methyl sites for hydroxylation is 1. The maximum atomic E-state index is 7.06. The molecule has 284 valence electrons. The standard InChI is InChI=1S/C47H73O3P/c1-17-22-23-24-34-31-35(43(6,7)8)25-28-40(34)48-51(49-41-29-26-36(44(9,10)18-2)32-38(41)46(13,14)20-4)50-42-30-27-37(45(11,12)19-3)33-39(42)47(15,16)21-5/h25-33H,17-24H2,1-16H3. The fourth-order valence-corrected chi connectivity index (χ4v) is 7.19. The van der Waals surface area contributed by atoms with Crippen LogP contribution in [0.3, 0.4) is 0 Å². The van der Waals surface area contributed by atoms with Gasteiger partial charge in [-0.3, -0.25) is 0 Å². The largest absolute Gasteiger partial charge is 0.530 e. The molecule has 3 nitrogen and oxygen atoms in total. The van der Waals surface area contributed by atoms with Gasteiger partial charge in [0, 0.05) is 11.1 Å². The van der Waals surface area contributed by atoms with Crippen molar-refractivity contribution in [3.05, 3.63) is 88.0 Å². The average molecular weight is 717 g/mol. The molecule has 0 fully saturated rings. The Morgan fingerprint density at radius 2 is 0.843 bits per heavy atom. The second-order valence-corrected chi connectivity index (χ2v) is 19.4. The topological polar surface area (TPSA) is 27.7 Å². The quantitative estimate of drug-likeness (QED) is 0.0969. The zero-order valence-electron chi connectivity index (χ0n) is 35.5. The van der Waals surface area contributed by atoms with E-state index in [0.717, 1.165) is 55.8 Å². The number of rotatable bonds is 18. The van der Waals surface area contributed by atoms with Crippen LogP contribution in [0.15, 0.2) is 54.6 Å². The van der Waals surface area contributed by atoms with Crippen LogP contribution in [0.1, 0.15) is 189 Å². The Labute approximate surface area is 315 Å². The van der Waals surface area contributed by atoms with Crippen LogP contribution < -0.4 is 13.6 Å². The molecule has 0 aliphatic heterocycles. The third-order valence-electron chi connectivity index (χ3n) is 12.0. The zero-order valence-corrected chi connectivity index (χ0v) is 36.4. The highest BCUT2D eigenvalue weighted by atomic mass is 31.2. The Kier molecular flexibility index (Phi) is 14.4. The first-order valence-electron chi connectivity index (χ1n) is 19.9. The van der Waals surface area contributed by atoms with Gasteiger partial charge in [0.25, 0.3) is 0 Å². The first-order valence-corrected chi connectivity index (χ1v) is 21.0. The van der Waals surface area contributed by atoms with Crippen LogP contribution in [-0.2, 0) is 33.5 Å². The van der Waals surface area contributed by atoms with E-state index in [1.165, 1.54) is 46.2 Å². The molecule has 0 amide bonds. The highest BCUT2D eigenvalue weighted by Crippen LogP contribution is 2.50. The number of benzene rings is 3. The van der Waals surface area contributed by atoms with E-state index in [0.29, 0.717) is 0 Å². The summed E-state index contributed by atoms with van der Waals surface area (Å²) < 4.78 is 21.1. The molecule has 0 radical (unpaired) electrons. The lowest BCUT2D eigenvalue weighted by atomic mass is 9.76. The molecular weight excluding hydrogens is 643 g/mol. The third-order valence-corrected chi connectivity index (χ3v) is 13.0. The highest BCUT2D eigenvalue weighted by molar-refractivity contribution is 7.43. The smallest absolute Gasteiger partial charge is 0.408 e. The molecule has 0 saturated carbocycles. The van der Waals surface area contributed by atoms with Gasteiger partial charge < -0.3 is 13.6 Å². The summed E-state index contributed by atoms with van der Waals surface area (Å²) in [5.74, 6) is 2.52. The van der Waals surface area contributed by atoms with Gasteiger partial charge >= 0.3 is 8.60 Å². The van der Waals surface area contributed by atoms with Crippen molar-refractivity contribution in [2.45, 2.75) is 189 Å². The van der Waals surface area contributed by atoms with Crippen LogP contribution in [0, 0.1) is 0 Å². The number of hydrogen-bond donors (Lipinski definition) is 0. The van der Waals surface area contributed by atoms with Gasteiger partial charge in [0.15, 0.2) is 0 Å². The van der Waals surface area contributed by atoms with Crippen LogP contribution in [0.25, 0.3) is 0 Å². The molecule has 51 heavy (non-hydrogen) atoms. The molecule has 0 N–H and O–H groups in total. The fourth-order valence-electron chi connectivity index (χ4n) is 6.10. The maximum Gasteiger partial charge on any atom is 0.530 e. The van der Waals surface area contributed by atoms with Gasteiger partial charge in [0.2, 0.25) is 0 Å². The molecule has 3 rings (SSSR count). The van der Waals surface area contributed by atoms with E-state index in [-0.39, 0.29) is 27.1 Å². The minimum atomic E-state index is -1.88. The normalized spacial score (nSPS) is 13.1. The predicted molar refractivity (Wildman–Crippen MR) is 223 cm³/mol. The van der Waals surface area contributed by atoms with E-state index in [4.69, 9.17) is 13.6 Å². The van der Waals surface area contributed by atoms with Crippen molar-refractivity contribution in [1.29, 1.82) is 0 Å². The summed E-state index contributed by atoms with van der Waals surface area (Å²) in [6, 6.07) is 20.3. The minimum Gasteiger partial charge on any atom is -0.408 e. The molecule has 0 unspecified atom stereocenters. The average Bonchev–Trinajstić information content (AvgIpc) is 3.08. The Hall–Kier alpha value is -2.51. The Morgan fingerprint density at radius 3 is 1.24 bits per heavy atom. The Balaban J connectivity index is 2.26. The van der Waals surface area contributed by atoms with E-state index >= 15 is 0 Å². The van der Waals surface area contributed by atoms with Crippen molar-refractivity contribution in [2.75, 3.05) is 0 Å². The zero-order chi connectivity index (χ0) is 38.4. The third kappa shape index (κ3) is 10.8. The molecule has 3 aromatic rings. The van der Waals surface area contributed by atoms with E-state index in [2.05, 4.69) is 165 Å². The van der Waals surface area contributed by atoms with Crippen molar-refractivity contribution in [3.63, 3.8) is 0 Å². The van der Waals surface area contributed by atoms with Crippen molar-refractivity contribution < 1.29 is 13.6 Å². The summed E-state index contributed by atoms with van der Waals surface area (Å²) in [7, 11) is -1.88. The van der Waals surface area contributed by atoms with Crippen molar-refractivity contribution in [1.82, 2.24) is 0 Å². The molecule has 0 spiro atoms. The summed E-state index contributed by atoms with van der Waals surface area (Å²) in [5.41, 5.74) is 7.56. The van der Waals surface area contributed by atoms with Gasteiger partial charge in [0.1, 0.15) is 17.2 Å². The Morgan fingerprint density at radius 1 is 0.451 bits per heavy atom. The SMILES string of the molecule is CCCCCc1cc(C(C)(C)C)ccc1OP(Oc1ccc(C(C)(C)CC)cc1C(C)(C)CC)Oc1ccc(C(C)(C)CC)cc1C(C)(C)CC. The summed E-state index contributed by atoms with van der Waals surface area (Å²) in [6.07, 6.45) is 8.53. The van der Waals surface area contributed by atoms with Crippen molar-refractivity contribution >= 4 is 8.60 Å². The van der Waals surface area contributed by atoms with Gasteiger partial charge in [0.05, 0.1) is 0 Å².